The van der Waals surface area contributed by atoms with Gasteiger partial charge in [-0.05, 0) is 75.1 Å². The molecular formula is C22H26O6S2. The molecule has 2 aromatic carbocycles. The summed E-state index contributed by atoms with van der Waals surface area (Å²) in [7, 11) is -7.70. The van der Waals surface area contributed by atoms with Crippen molar-refractivity contribution in [3.05, 3.63) is 59.7 Å². The lowest BCUT2D eigenvalue weighted by atomic mass is 9.87. The molecular weight excluding hydrogens is 424 g/mol. The van der Waals surface area contributed by atoms with Gasteiger partial charge in [0.15, 0.2) is 0 Å². The lowest BCUT2D eigenvalue weighted by molar-refractivity contribution is 0.0852. The maximum absolute atomic E-state index is 12.7. The maximum atomic E-state index is 12.7. The Hall–Kier alpha value is -1.74. The Kier molecular flexibility index (Phi) is 5.78. The van der Waals surface area contributed by atoms with Crippen molar-refractivity contribution < 1.29 is 25.2 Å². The first-order valence-corrected chi connectivity index (χ1v) is 12.9. The molecule has 0 heterocycles. The summed E-state index contributed by atoms with van der Waals surface area (Å²) in [6, 6.07) is 13.1. The summed E-state index contributed by atoms with van der Waals surface area (Å²) in [5, 5.41) is 0. The van der Waals surface area contributed by atoms with E-state index in [1.165, 1.54) is 12.1 Å². The zero-order chi connectivity index (χ0) is 21.5. The van der Waals surface area contributed by atoms with Crippen LogP contribution in [-0.2, 0) is 28.6 Å². The second-order valence-corrected chi connectivity index (χ2v) is 11.6. The Balaban J connectivity index is 1.41. The SMILES string of the molecule is Cc1ccc(S(=O)(=O)OC[C@@H]2C[C@H]3C[C@@H]2[C@H](OS(=O)(=O)c2ccc(C)cc2)C3)cc1. The molecule has 0 spiro atoms. The minimum absolute atomic E-state index is 0.0246. The molecule has 0 saturated heterocycles. The Bertz CT molecular complexity index is 1100. The molecule has 2 aromatic rings. The van der Waals surface area contributed by atoms with Gasteiger partial charge in [0.1, 0.15) is 0 Å². The van der Waals surface area contributed by atoms with Gasteiger partial charge in [0.2, 0.25) is 0 Å². The zero-order valence-electron chi connectivity index (χ0n) is 17.0. The molecule has 6 nitrogen and oxygen atoms in total. The number of hydrogen-bond donors (Lipinski definition) is 0. The minimum atomic E-state index is -3.86. The predicted octanol–water partition coefficient (Wildman–Crippen LogP) is 3.83. The van der Waals surface area contributed by atoms with Crippen LogP contribution in [0.4, 0.5) is 0 Å². The van der Waals surface area contributed by atoms with Gasteiger partial charge in [-0.3, -0.25) is 8.37 Å². The molecule has 30 heavy (non-hydrogen) atoms. The Morgan fingerprint density at radius 3 is 1.83 bits per heavy atom. The van der Waals surface area contributed by atoms with Crippen LogP contribution in [-0.4, -0.2) is 29.5 Å². The molecule has 2 saturated carbocycles. The standard InChI is InChI=1S/C22H26O6S2/c1-15-3-7-19(8-4-15)29(23,24)27-14-18-11-17-12-21(18)22(13-17)28-30(25,26)20-9-5-16(2)6-10-20/h3-10,17-18,21-22H,11-14H2,1-2H3/t17-,18-,21-,22+/m0/s1. The average Bonchev–Trinajstić information content (AvgIpc) is 3.27. The van der Waals surface area contributed by atoms with Gasteiger partial charge in [0.05, 0.1) is 22.5 Å². The van der Waals surface area contributed by atoms with Crippen LogP contribution in [0.15, 0.2) is 58.3 Å². The summed E-state index contributed by atoms with van der Waals surface area (Å²) in [6.45, 7) is 3.82. The smallest absolute Gasteiger partial charge is 0.266 e. The fourth-order valence-electron chi connectivity index (χ4n) is 4.60. The molecule has 0 radical (unpaired) electrons. The number of rotatable bonds is 7. The number of benzene rings is 2. The topological polar surface area (TPSA) is 86.7 Å². The summed E-state index contributed by atoms with van der Waals surface area (Å²) < 4.78 is 61.2. The summed E-state index contributed by atoms with van der Waals surface area (Å²) in [5.74, 6) is 0.273. The van der Waals surface area contributed by atoms with Crippen molar-refractivity contribution in [2.24, 2.45) is 17.8 Å². The summed E-state index contributed by atoms with van der Waals surface area (Å²) in [4.78, 5) is 0.275. The van der Waals surface area contributed by atoms with Gasteiger partial charge in [-0.2, -0.15) is 16.8 Å². The second kappa shape index (κ2) is 8.07. The Morgan fingerprint density at radius 1 is 0.767 bits per heavy atom. The van der Waals surface area contributed by atoms with Crippen molar-refractivity contribution in [2.45, 2.75) is 49.0 Å². The predicted molar refractivity (Wildman–Crippen MR) is 112 cm³/mol. The Labute approximate surface area is 178 Å². The van der Waals surface area contributed by atoms with E-state index < -0.39 is 26.3 Å². The number of hydrogen-bond acceptors (Lipinski definition) is 6. The van der Waals surface area contributed by atoms with Crippen LogP contribution < -0.4 is 0 Å². The van der Waals surface area contributed by atoms with Crippen molar-refractivity contribution >= 4 is 20.2 Å². The quantitative estimate of drug-likeness (QED) is 0.596. The highest BCUT2D eigenvalue weighted by Crippen LogP contribution is 2.50. The van der Waals surface area contributed by atoms with Crippen molar-refractivity contribution in [1.82, 2.24) is 0 Å². The lowest BCUT2D eigenvalue weighted by Crippen LogP contribution is -2.32. The van der Waals surface area contributed by atoms with Gasteiger partial charge in [-0.1, -0.05) is 35.4 Å². The van der Waals surface area contributed by atoms with Crippen LogP contribution in [0.25, 0.3) is 0 Å². The summed E-state index contributed by atoms with van der Waals surface area (Å²) in [5.41, 5.74) is 1.94. The molecule has 2 bridgehead atoms. The second-order valence-electron chi connectivity index (χ2n) is 8.45. The third kappa shape index (κ3) is 4.46. The van der Waals surface area contributed by atoms with Crippen LogP contribution in [0.3, 0.4) is 0 Å². The van der Waals surface area contributed by atoms with Gasteiger partial charge < -0.3 is 0 Å². The van der Waals surface area contributed by atoms with E-state index in [2.05, 4.69) is 0 Å². The number of aryl methyl sites for hydroxylation is 2. The Morgan fingerprint density at radius 2 is 1.30 bits per heavy atom. The van der Waals surface area contributed by atoms with E-state index in [9.17, 15) is 16.8 Å². The van der Waals surface area contributed by atoms with E-state index in [0.29, 0.717) is 12.3 Å². The van der Waals surface area contributed by atoms with E-state index in [0.717, 1.165) is 24.0 Å². The largest absolute Gasteiger partial charge is 0.297 e. The number of fused-ring (bicyclic) bond motifs is 2. The molecule has 2 fully saturated rings. The lowest BCUT2D eigenvalue weighted by Gasteiger charge is -2.28. The molecule has 4 rings (SSSR count). The van der Waals surface area contributed by atoms with Crippen molar-refractivity contribution in [1.29, 1.82) is 0 Å². The fourth-order valence-corrected chi connectivity index (χ4v) is 6.69. The highest BCUT2D eigenvalue weighted by Gasteiger charge is 2.49. The molecule has 162 valence electrons. The highest BCUT2D eigenvalue weighted by atomic mass is 32.2. The first-order chi connectivity index (χ1) is 14.1. The molecule has 4 atom stereocenters. The summed E-state index contributed by atoms with van der Waals surface area (Å²) >= 11 is 0. The molecule has 8 heteroatoms. The molecule has 0 amide bonds. The van der Waals surface area contributed by atoms with E-state index in [4.69, 9.17) is 8.37 Å². The van der Waals surface area contributed by atoms with Gasteiger partial charge in [0.25, 0.3) is 20.2 Å². The molecule has 0 N–H and O–H groups in total. The maximum Gasteiger partial charge on any atom is 0.297 e. The van der Waals surface area contributed by atoms with Gasteiger partial charge in [0, 0.05) is 0 Å². The third-order valence-corrected chi connectivity index (χ3v) is 8.84. The van der Waals surface area contributed by atoms with Crippen LogP contribution in [0.1, 0.15) is 30.4 Å². The van der Waals surface area contributed by atoms with Crippen molar-refractivity contribution in [2.75, 3.05) is 6.61 Å². The van der Waals surface area contributed by atoms with E-state index in [-0.39, 0.29) is 28.2 Å². The highest BCUT2D eigenvalue weighted by molar-refractivity contribution is 7.87. The van der Waals surface area contributed by atoms with Gasteiger partial charge in [-0.15, -0.1) is 0 Å². The van der Waals surface area contributed by atoms with E-state index in [1.807, 2.05) is 13.8 Å². The van der Waals surface area contributed by atoms with Gasteiger partial charge in [-0.25, -0.2) is 0 Å². The third-order valence-electron chi connectivity index (χ3n) is 6.20. The van der Waals surface area contributed by atoms with Gasteiger partial charge >= 0.3 is 0 Å². The minimum Gasteiger partial charge on any atom is -0.266 e. The van der Waals surface area contributed by atoms with Crippen molar-refractivity contribution in [3.8, 4) is 0 Å². The van der Waals surface area contributed by atoms with E-state index >= 15 is 0 Å². The normalized spacial score (nSPS) is 26.2. The summed E-state index contributed by atoms with van der Waals surface area (Å²) in [6.07, 6.45) is 1.91. The van der Waals surface area contributed by atoms with E-state index in [1.54, 1.807) is 36.4 Å². The van der Waals surface area contributed by atoms with Crippen LogP contribution in [0.5, 0.6) is 0 Å². The van der Waals surface area contributed by atoms with Crippen LogP contribution >= 0.6 is 0 Å². The monoisotopic (exact) mass is 450 g/mol. The zero-order valence-corrected chi connectivity index (χ0v) is 18.7. The van der Waals surface area contributed by atoms with Crippen molar-refractivity contribution in [3.63, 3.8) is 0 Å². The van der Waals surface area contributed by atoms with Crippen LogP contribution in [0, 0.1) is 31.6 Å². The molecule has 0 aliphatic heterocycles. The fraction of sp³-hybridized carbons (Fsp3) is 0.455. The average molecular weight is 451 g/mol. The first kappa shape index (κ1) is 21.5. The molecule has 0 unspecified atom stereocenters. The van der Waals surface area contributed by atoms with Crippen LogP contribution in [0.2, 0.25) is 0 Å². The molecule has 2 aliphatic rings. The molecule has 2 aliphatic carbocycles. The molecule has 0 aromatic heterocycles. The first-order valence-electron chi connectivity index (χ1n) is 10.1.